The highest BCUT2D eigenvalue weighted by Gasteiger charge is 2.14. The molecule has 0 bridgehead atoms. The van der Waals surface area contributed by atoms with Crippen LogP contribution >= 0.6 is 0 Å². The predicted octanol–water partition coefficient (Wildman–Crippen LogP) is 13.4. The Morgan fingerprint density at radius 1 is 0.259 bits per heavy atom. The van der Waals surface area contributed by atoms with Crippen LogP contribution in [-0.4, -0.2) is 15.0 Å². The van der Waals surface area contributed by atoms with Crippen LogP contribution < -0.4 is 0 Å². The van der Waals surface area contributed by atoms with E-state index in [9.17, 15) is 0 Å². The van der Waals surface area contributed by atoms with Gasteiger partial charge in [0.05, 0.1) is 11.4 Å². The maximum atomic E-state index is 5.27. The fourth-order valence-electron chi connectivity index (χ4n) is 7.80. The minimum atomic E-state index is 0.680. The maximum absolute atomic E-state index is 5.27. The highest BCUT2D eigenvalue weighted by molar-refractivity contribution is 6.26. The largest absolute Gasteiger partial charge is 0.264 e. The SMILES string of the molecule is c1ccc(-c2cc(-c3ccc(-c4cccnc4)cc3)nc(-c3ccc4c5ccccc5c5ccccc5c5ccccc5c5ccccc5c4c3)n2)cc1. The molecular weight excluding hydrogens is 655 g/mol. The molecule has 3 nitrogen and oxygen atoms in total. The minimum Gasteiger partial charge on any atom is -0.264 e. The number of rotatable bonds is 4. The predicted molar refractivity (Wildman–Crippen MR) is 227 cm³/mol. The topological polar surface area (TPSA) is 38.7 Å². The van der Waals surface area contributed by atoms with Crippen molar-refractivity contribution < 1.29 is 0 Å². The Kier molecular flexibility index (Phi) is 7.81. The first kappa shape index (κ1) is 31.5. The lowest BCUT2D eigenvalue weighted by Crippen LogP contribution is -1.96. The Hall–Kier alpha value is -7.23. The zero-order valence-corrected chi connectivity index (χ0v) is 29.4. The quantitative estimate of drug-likeness (QED) is 0.185. The molecule has 2 heterocycles. The first-order valence-corrected chi connectivity index (χ1v) is 18.3. The van der Waals surface area contributed by atoms with E-state index in [2.05, 4.69) is 181 Å². The molecule has 0 saturated carbocycles. The summed E-state index contributed by atoms with van der Waals surface area (Å²) in [4.78, 5) is 14.8. The molecule has 10 aromatic rings. The molecule has 10 rings (SSSR count). The summed E-state index contributed by atoms with van der Waals surface area (Å²) in [5, 5.41) is 11.9. The van der Waals surface area contributed by atoms with Gasteiger partial charge in [0.25, 0.3) is 0 Å². The van der Waals surface area contributed by atoms with E-state index in [1.165, 1.54) is 48.5 Å². The van der Waals surface area contributed by atoms with Gasteiger partial charge < -0.3 is 0 Å². The Bertz CT molecular complexity index is 3010. The first-order valence-electron chi connectivity index (χ1n) is 18.3. The van der Waals surface area contributed by atoms with Crippen LogP contribution in [0.15, 0.2) is 200 Å². The Morgan fingerprint density at radius 3 is 1.13 bits per heavy atom. The van der Waals surface area contributed by atoms with Crippen molar-refractivity contribution >= 4 is 53.9 Å². The molecule has 0 amide bonds. The Labute approximate surface area is 313 Å². The monoisotopic (exact) mass is 687 g/mol. The minimum absolute atomic E-state index is 0.680. The standard InChI is InChI=1S/C51H33N3/c1-2-13-35(14-3-1)49-32-50(36-26-24-34(25-27-36)38-15-12-30-52-33-38)54-51(53-49)37-28-29-47-45-22-9-8-20-43(45)41-18-5-4-16-39(41)40-17-6-7-19-42(40)44-21-10-11-23-46(44)48(47)31-37/h1-33H. The van der Waals surface area contributed by atoms with Gasteiger partial charge in [-0.05, 0) is 83.2 Å². The van der Waals surface area contributed by atoms with Crippen molar-refractivity contribution in [2.45, 2.75) is 0 Å². The van der Waals surface area contributed by atoms with Crippen molar-refractivity contribution in [2.24, 2.45) is 0 Å². The smallest absolute Gasteiger partial charge is 0.160 e. The summed E-state index contributed by atoms with van der Waals surface area (Å²) in [6.45, 7) is 0. The van der Waals surface area contributed by atoms with E-state index in [1.54, 1.807) is 6.20 Å². The molecule has 0 aliphatic rings. The van der Waals surface area contributed by atoms with E-state index in [0.29, 0.717) is 5.82 Å². The van der Waals surface area contributed by atoms with Crippen LogP contribution in [0.5, 0.6) is 0 Å². The second-order valence-electron chi connectivity index (χ2n) is 13.6. The number of hydrogen-bond acceptors (Lipinski definition) is 3. The summed E-state index contributed by atoms with van der Waals surface area (Å²) < 4.78 is 0. The highest BCUT2D eigenvalue weighted by Crippen LogP contribution is 2.37. The summed E-state index contributed by atoms with van der Waals surface area (Å²) in [6, 6.07) is 66.9. The second kappa shape index (κ2) is 13.4. The lowest BCUT2D eigenvalue weighted by atomic mass is 9.93. The van der Waals surface area contributed by atoms with Gasteiger partial charge in [0.1, 0.15) is 0 Å². The Morgan fingerprint density at radius 2 is 0.648 bits per heavy atom. The number of fused-ring (bicyclic) bond motifs is 10. The van der Waals surface area contributed by atoms with Gasteiger partial charge >= 0.3 is 0 Å². The van der Waals surface area contributed by atoms with E-state index in [0.717, 1.165) is 44.6 Å². The van der Waals surface area contributed by atoms with Gasteiger partial charge in [-0.15, -0.1) is 0 Å². The molecule has 252 valence electrons. The van der Waals surface area contributed by atoms with E-state index in [4.69, 9.17) is 9.97 Å². The third-order valence-corrected chi connectivity index (χ3v) is 10.4. The lowest BCUT2D eigenvalue weighted by molar-refractivity contribution is 1.18. The maximum Gasteiger partial charge on any atom is 0.160 e. The van der Waals surface area contributed by atoms with Crippen LogP contribution in [0.4, 0.5) is 0 Å². The number of hydrogen-bond donors (Lipinski definition) is 0. The molecule has 0 aliphatic carbocycles. The van der Waals surface area contributed by atoms with Gasteiger partial charge in [-0.3, -0.25) is 4.98 Å². The number of aromatic nitrogens is 3. The van der Waals surface area contributed by atoms with Crippen molar-refractivity contribution in [1.82, 2.24) is 15.0 Å². The summed E-state index contributed by atoms with van der Waals surface area (Å²) in [5.41, 5.74) is 6.97. The van der Waals surface area contributed by atoms with E-state index in [1.807, 2.05) is 18.3 Å². The van der Waals surface area contributed by atoms with Crippen molar-refractivity contribution in [3.05, 3.63) is 200 Å². The summed E-state index contributed by atoms with van der Waals surface area (Å²) >= 11 is 0. The van der Waals surface area contributed by atoms with Crippen molar-refractivity contribution in [3.63, 3.8) is 0 Å². The van der Waals surface area contributed by atoms with Gasteiger partial charge in [-0.1, -0.05) is 170 Å². The molecular formula is C51H33N3. The van der Waals surface area contributed by atoms with Crippen LogP contribution in [0.3, 0.4) is 0 Å². The molecule has 3 heteroatoms. The van der Waals surface area contributed by atoms with Gasteiger partial charge in [0.15, 0.2) is 5.82 Å². The number of benzene rings is 7. The molecule has 0 radical (unpaired) electrons. The zero-order chi connectivity index (χ0) is 35.8. The molecule has 0 fully saturated rings. The van der Waals surface area contributed by atoms with Crippen LogP contribution in [0, 0.1) is 0 Å². The fraction of sp³-hybridized carbons (Fsp3) is 0. The average molecular weight is 688 g/mol. The van der Waals surface area contributed by atoms with Gasteiger partial charge in [-0.2, -0.15) is 0 Å². The van der Waals surface area contributed by atoms with Crippen molar-refractivity contribution in [2.75, 3.05) is 0 Å². The molecule has 8 aromatic carbocycles. The van der Waals surface area contributed by atoms with Crippen molar-refractivity contribution in [3.8, 4) is 45.0 Å². The van der Waals surface area contributed by atoms with Crippen LogP contribution in [0.25, 0.3) is 98.9 Å². The molecule has 2 aromatic heterocycles. The number of nitrogens with zero attached hydrogens (tertiary/aromatic N) is 3. The van der Waals surface area contributed by atoms with Gasteiger partial charge in [0, 0.05) is 29.1 Å². The normalized spacial score (nSPS) is 11.3. The van der Waals surface area contributed by atoms with E-state index >= 15 is 0 Å². The second-order valence-corrected chi connectivity index (χ2v) is 13.6. The molecule has 54 heavy (non-hydrogen) atoms. The molecule has 0 atom stereocenters. The zero-order valence-electron chi connectivity index (χ0n) is 29.4. The highest BCUT2D eigenvalue weighted by atomic mass is 14.9. The average Bonchev–Trinajstić information content (AvgIpc) is 3.26. The van der Waals surface area contributed by atoms with Crippen LogP contribution in [0.1, 0.15) is 0 Å². The van der Waals surface area contributed by atoms with Crippen LogP contribution in [-0.2, 0) is 0 Å². The number of pyridine rings is 1. The molecule has 0 spiro atoms. The Balaban J connectivity index is 1.28. The van der Waals surface area contributed by atoms with Gasteiger partial charge in [0.2, 0.25) is 0 Å². The third-order valence-electron chi connectivity index (χ3n) is 10.4. The third kappa shape index (κ3) is 5.60. The van der Waals surface area contributed by atoms with E-state index in [-0.39, 0.29) is 0 Å². The molecule has 0 aliphatic heterocycles. The first-order chi connectivity index (χ1) is 26.8. The van der Waals surface area contributed by atoms with Crippen LogP contribution in [0.2, 0.25) is 0 Å². The summed E-state index contributed by atoms with van der Waals surface area (Å²) in [6.07, 6.45) is 3.69. The summed E-state index contributed by atoms with van der Waals surface area (Å²) in [5.74, 6) is 0.680. The summed E-state index contributed by atoms with van der Waals surface area (Å²) in [7, 11) is 0. The van der Waals surface area contributed by atoms with Gasteiger partial charge in [-0.25, -0.2) is 9.97 Å². The van der Waals surface area contributed by atoms with Crippen molar-refractivity contribution in [1.29, 1.82) is 0 Å². The lowest BCUT2D eigenvalue weighted by Gasteiger charge is -2.12. The van der Waals surface area contributed by atoms with E-state index < -0.39 is 0 Å². The fourth-order valence-corrected chi connectivity index (χ4v) is 7.80. The molecule has 0 saturated heterocycles. The molecule has 0 N–H and O–H groups in total. The molecule has 0 unspecified atom stereocenters.